The van der Waals surface area contributed by atoms with Crippen molar-refractivity contribution in [2.24, 2.45) is 0 Å². The fraction of sp³-hybridized carbons (Fsp3) is 0.435. The zero-order valence-electron chi connectivity index (χ0n) is 16.0. The Morgan fingerprint density at radius 2 is 1.73 bits per heavy atom. The zero-order chi connectivity index (χ0) is 18.7. The number of rotatable bonds is 4. The summed E-state index contributed by atoms with van der Waals surface area (Å²) < 4.78 is 0. The van der Waals surface area contributed by atoms with Crippen molar-refractivity contribution in [2.75, 3.05) is 13.1 Å². The third-order valence-corrected chi connectivity index (χ3v) is 5.42. The number of likely N-dealkylation sites (tertiary alicyclic amines) is 1. The minimum atomic E-state index is -0.857. The lowest BCUT2D eigenvalue weighted by Crippen LogP contribution is -2.32. The SMILES string of the molecule is CC(C)(C)c1ccc(C2CCN(Cc3cccc(C(=O)O)c3)CC2)cc1. The number of carbonyl (C=O) groups is 1. The molecule has 0 aromatic heterocycles. The number of nitrogens with zero attached hydrogens (tertiary/aromatic N) is 1. The summed E-state index contributed by atoms with van der Waals surface area (Å²) in [6, 6.07) is 16.5. The summed E-state index contributed by atoms with van der Waals surface area (Å²) in [5.74, 6) is -0.227. The zero-order valence-corrected chi connectivity index (χ0v) is 16.0. The molecule has 1 saturated heterocycles. The van der Waals surface area contributed by atoms with Crippen LogP contribution in [-0.2, 0) is 12.0 Å². The Balaban J connectivity index is 1.57. The van der Waals surface area contributed by atoms with Crippen molar-refractivity contribution >= 4 is 5.97 Å². The second-order valence-electron chi connectivity index (χ2n) is 8.43. The van der Waals surface area contributed by atoms with Gasteiger partial charge in [0.1, 0.15) is 0 Å². The number of piperidine rings is 1. The van der Waals surface area contributed by atoms with Crippen molar-refractivity contribution < 1.29 is 9.90 Å². The second-order valence-corrected chi connectivity index (χ2v) is 8.43. The standard InChI is InChI=1S/C23H29NO2/c1-23(2,3)21-9-7-18(8-10-21)19-11-13-24(14-12-19)16-17-5-4-6-20(15-17)22(25)26/h4-10,15,19H,11-14,16H2,1-3H3,(H,25,26). The summed E-state index contributed by atoms with van der Waals surface area (Å²) >= 11 is 0. The van der Waals surface area contributed by atoms with Crippen molar-refractivity contribution in [2.45, 2.75) is 51.5 Å². The molecule has 3 nitrogen and oxygen atoms in total. The summed E-state index contributed by atoms with van der Waals surface area (Å²) in [5, 5.41) is 9.13. The third kappa shape index (κ3) is 4.53. The van der Waals surface area contributed by atoms with Crippen LogP contribution >= 0.6 is 0 Å². The Labute approximate surface area is 156 Å². The smallest absolute Gasteiger partial charge is 0.335 e. The number of carboxylic acids is 1. The van der Waals surface area contributed by atoms with Crippen LogP contribution in [0.1, 0.15) is 66.6 Å². The molecule has 138 valence electrons. The molecule has 2 aromatic rings. The summed E-state index contributed by atoms with van der Waals surface area (Å²) in [4.78, 5) is 13.5. The van der Waals surface area contributed by atoms with Gasteiger partial charge in [-0.25, -0.2) is 4.79 Å². The van der Waals surface area contributed by atoms with E-state index >= 15 is 0 Å². The van der Waals surface area contributed by atoms with Gasteiger partial charge >= 0.3 is 5.97 Å². The second kappa shape index (κ2) is 7.63. The Kier molecular flexibility index (Phi) is 5.47. The first-order valence-corrected chi connectivity index (χ1v) is 9.48. The van der Waals surface area contributed by atoms with Gasteiger partial charge in [-0.1, -0.05) is 57.2 Å². The quantitative estimate of drug-likeness (QED) is 0.837. The Morgan fingerprint density at radius 1 is 1.08 bits per heavy atom. The van der Waals surface area contributed by atoms with Crippen LogP contribution in [0.15, 0.2) is 48.5 Å². The van der Waals surface area contributed by atoms with Crippen LogP contribution in [0.5, 0.6) is 0 Å². The normalized spacial score (nSPS) is 16.6. The lowest BCUT2D eigenvalue weighted by molar-refractivity contribution is 0.0696. The molecule has 1 aliphatic heterocycles. The van der Waals surface area contributed by atoms with Crippen LogP contribution in [0.2, 0.25) is 0 Å². The summed E-state index contributed by atoms with van der Waals surface area (Å²) in [5.41, 5.74) is 4.49. The minimum absolute atomic E-state index is 0.201. The average Bonchev–Trinajstić information content (AvgIpc) is 2.62. The van der Waals surface area contributed by atoms with Crippen LogP contribution in [0.3, 0.4) is 0 Å². The minimum Gasteiger partial charge on any atom is -0.478 e. The fourth-order valence-corrected chi connectivity index (χ4v) is 3.74. The van der Waals surface area contributed by atoms with E-state index in [-0.39, 0.29) is 5.41 Å². The van der Waals surface area contributed by atoms with Gasteiger partial charge in [-0.05, 0) is 66.1 Å². The van der Waals surface area contributed by atoms with Gasteiger partial charge in [0.2, 0.25) is 0 Å². The molecule has 0 atom stereocenters. The molecular formula is C23H29NO2. The van der Waals surface area contributed by atoms with Crippen molar-refractivity contribution in [1.29, 1.82) is 0 Å². The Bertz CT molecular complexity index is 751. The van der Waals surface area contributed by atoms with E-state index in [0.717, 1.165) is 38.0 Å². The molecule has 0 radical (unpaired) electrons. The van der Waals surface area contributed by atoms with Crippen molar-refractivity contribution in [1.82, 2.24) is 4.90 Å². The highest BCUT2D eigenvalue weighted by molar-refractivity contribution is 5.87. The molecular weight excluding hydrogens is 322 g/mol. The third-order valence-electron chi connectivity index (χ3n) is 5.42. The van der Waals surface area contributed by atoms with E-state index in [1.807, 2.05) is 12.1 Å². The summed E-state index contributed by atoms with van der Waals surface area (Å²) in [7, 11) is 0. The van der Waals surface area contributed by atoms with E-state index in [2.05, 4.69) is 49.9 Å². The van der Waals surface area contributed by atoms with Gasteiger partial charge in [-0.15, -0.1) is 0 Å². The number of hydrogen-bond donors (Lipinski definition) is 1. The maximum absolute atomic E-state index is 11.1. The van der Waals surface area contributed by atoms with Gasteiger partial charge in [0.25, 0.3) is 0 Å². The van der Waals surface area contributed by atoms with E-state index in [9.17, 15) is 4.79 Å². The highest BCUT2D eigenvalue weighted by Crippen LogP contribution is 2.30. The molecule has 1 heterocycles. The monoisotopic (exact) mass is 351 g/mol. The van der Waals surface area contributed by atoms with Crippen LogP contribution < -0.4 is 0 Å². The molecule has 1 aliphatic rings. The molecule has 0 saturated carbocycles. The average molecular weight is 351 g/mol. The van der Waals surface area contributed by atoms with E-state index in [4.69, 9.17) is 5.11 Å². The predicted molar refractivity (Wildman–Crippen MR) is 106 cm³/mol. The molecule has 0 aliphatic carbocycles. The summed E-state index contributed by atoms with van der Waals surface area (Å²) in [6.45, 7) is 9.70. The maximum atomic E-state index is 11.1. The maximum Gasteiger partial charge on any atom is 0.335 e. The molecule has 1 N–H and O–H groups in total. The number of aromatic carboxylic acids is 1. The molecule has 0 spiro atoms. The number of carboxylic acid groups (broad SMARTS) is 1. The molecule has 0 unspecified atom stereocenters. The van der Waals surface area contributed by atoms with Crippen LogP contribution in [0, 0.1) is 0 Å². The van der Waals surface area contributed by atoms with E-state index < -0.39 is 5.97 Å². The Morgan fingerprint density at radius 3 is 2.31 bits per heavy atom. The fourth-order valence-electron chi connectivity index (χ4n) is 3.74. The molecule has 2 aromatic carbocycles. The molecule has 0 amide bonds. The topological polar surface area (TPSA) is 40.5 Å². The highest BCUT2D eigenvalue weighted by atomic mass is 16.4. The highest BCUT2D eigenvalue weighted by Gasteiger charge is 2.21. The Hall–Kier alpha value is -2.13. The number of hydrogen-bond acceptors (Lipinski definition) is 2. The first-order chi connectivity index (χ1) is 12.3. The largest absolute Gasteiger partial charge is 0.478 e. The van der Waals surface area contributed by atoms with Crippen LogP contribution in [0.25, 0.3) is 0 Å². The molecule has 26 heavy (non-hydrogen) atoms. The molecule has 0 bridgehead atoms. The first kappa shape index (κ1) is 18.7. The van der Waals surface area contributed by atoms with Crippen molar-refractivity contribution in [3.8, 4) is 0 Å². The van der Waals surface area contributed by atoms with Crippen LogP contribution in [-0.4, -0.2) is 29.1 Å². The van der Waals surface area contributed by atoms with E-state index in [1.165, 1.54) is 11.1 Å². The first-order valence-electron chi connectivity index (χ1n) is 9.48. The van der Waals surface area contributed by atoms with Crippen molar-refractivity contribution in [3.63, 3.8) is 0 Å². The van der Waals surface area contributed by atoms with Crippen LogP contribution in [0.4, 0.5) is 0 Å². The van der Waals surface area contributed by atoms with Gasteiger partial charge in [0.05, 0.1) is 5.56 Å². The lowest BCUT2D eigenvalue weighted by Gasteiger charge is -2.32. The van der Waals surface area contributed by atoms with Gasteiger partial charge in [-0.3, -0.25) is 4.90 Å². The molecule has 3 heteroatoms. The number of benzene rings is 2. The predicted octanol–water partition coefficient (Wildman–Crippen LogP) is 5.06. The van der Waals surface area contributed by atoms with Gasteiger partial charge in [0.15, 0.2) is 0 Å². The lowest BCUT2D eigenvalue weighted by atomic mass is 9.84. The van der Waals surface area contributed by atoms with Gasteiger partial charge in [0, 0.05) is 6.54 Å². The molecule has 3 rings (SSSR count). The summed E-state index contributed by atoms with van der Waals surface area (Å²) in [6.07, 6.45) is 2.32. The van der Waals surface area contributed by atoms with Crippen molar-refractivity contribution in [3.05, 3.63) is 70.8 Å². The van der Waals surface area contributed by atoms with Gasteiger partial charge in [-0.2, -0.15) is 0 Å². The van der Waals surface area contributed by atoms with Gasteiger partial charge < -0.3 is 5.11 Å². The van der Waals surface area contributed by atoms with E-state index in [1.54, 1.807) is 12.1 Å². The van der Waals surface area contributed by atoms with E-state index in [0.29, 0.717) is 11.5 Å². The molecule has 1 fully saturated rings.